The van der Waals surface area contributed by atoms with E-state index in [1.54, 1.807) is 12.2 Å². The molecule has 3 saturated carbocycles. The number of fused-ring (bicyclic) bond motifs is 7. The molecule has 4 aliphatic carbocycles. The van der Waals surface area contributed by atoms with Crippen LogP contribution in [-0.2, 0) is 28.6 Å². The lowest BCUT2D eigenvalue weighted by Gasteiger charge is -2.59. The monoisotopic (exact) mass is 694 g/mol. The Balaban J connectivity index is 1.10. The van der Waals surface area contributed by atoms with Crippen LogP contribution >= 0.6 is 0 Å². The molecule has 0 aromatic carbocycles. The number of ether oxygens (including phenoxy) is 3. The highest BCUT2D eigenvalue weighted by atomic mass is 16.7. The van der Waals surface area contributed by atoms with E-state index in [1.165, 1.54) is 57.8 Å². The maximum Gasteiger partial charge on any atom is 0.306 e. The minimum Gasteiger partial charge on any atom is -0.458 e. The molecular formula is C43H66O7. The first-order valence-electron chi connectivity index (χ1n) is 20.4. The molecule has 7 unspecified atom stereocenters. The van der Waals surface area contributed by atoms with Gasteiger partial charge in [0, 0.05) is 23.2 Å². The highest BCUT2D eigenvalue weighted by Crippen LogP contribution is 2.69. The van der Waals surface area contributed by atoms with Crippen LogP contribution in [0, 0.1) is 28.6 Å². The third-order valence-corrected chi connectivity index (χ3v) is 13.2. The third kappa shape index (κ3) is 8.10. The lowest BCUT2D eigenvalue weighted by atomic mass is 9.46. The number of carbonyl (C=O) groups is 3. The van der Waals surface area contributed by atoms with Crippen molar-refractivity contribution in [3.8, 4) is 0 Å². The number of allylic oxidation sites excluding steroid dienone is 6. The minimum absolute atomic E-state index is 0.0146. The standard InChI is InChI=1S/C43H66O7/c1-5-7-8-9-10-11-12-13-14-15-16-17-18-19-20-22-38(47)48-30-36(46)43-37(49-39(50-43)21-6-2)28-34-33-24-23-31-27-32(44)25-26-41(31,3)40(33)35(45)29-42(34,43)4/h16-17,25-27,33-35,37,39-40,45H,5-15,18-24,28-30H2,1-4H3/b17-16-/t33?,34?,35?,37-,39?,40?,41?,42?,43-/m1/s1. The fourth-order valence-electron chi connectivity index (χ4n) is 10.7. The Morgan fingerprint density at radius 1 is 0.960 bits per heavy atom. The van der Waals surface area contributed by atoms with Crippen LogP contribution in [0.4, 0.5) is 0 Å². The summed E-state index contributed by atoms with van der Waals surface area (Å²) >= 11 is 0. The summed E-state index contributed by atoms with van der Waals surface area (Å²) < 4.78 is 18.8. The second-order valence-corrected chi connectivity index (χ2v) is 16.6. The number of aliphatic hydroxyl groups excluding tert-OH is 1. The van der Waals surface area contributed by atoms with Crippen LogP contribution in [-0.4, -0.2) is 53.3 Å². The smallest absolute Gasteiger partial charge is 0.306 e. The second kappa shape index (κ2) is 17.6. The predicted octanol–water partition coefficient (Wildman–Crippen LogP) is 9.31. The van der Waals surface area contributed by atoms with Crippen LogP contribution in [0.2, 0.25) is 0 Å². The van der Waals surface area contributed by atoms with Crippen molar-refractivity contribution in [2.24, 2.45) is 28.6 Å². The highest BCUT2D eigenvalue weighted by Gasteiger charge is 2.75. The molecule has 5 rings (SSSR count). The van der Waals surface area contributed by atoms with E-state index in [2.05, 4.69) is 39.8 Å². The van der Waals surface area contributed by atoms with E-state index >= 15 is 0 Å². The van der Waals surface area contributed by atoms with Crippen LogP contribution in [0.15, 0.2) is 36.0 Å². The van der Waals surface area contributed by atoms with E-state index in [-0.39, 0.29) is 41.9 Å². The Morgan fingerprint density at radius 2 is 1.64 bits per heavy atom. The van der Waals surface area contributed by atoms with Crippen LogP contribution in [0.3, 0.4) is 0 Å². The molecule has 7 heteroatoms. The first-order chi connectivity index (χ1) is 24.1. The average Bonchev–Trinajstić information content (AvgIpc) is 3.57. The van der Waals surface area contributed by atoms with Gasteiger partial charge in [0.1, 0.15) is 0 Å². The van der Waals surface area contributed by atoms with Gasteiger partial charge in [-0.3, -0.25) is 14.4 Å². The minimum atomic E-state index is -1.27. The molecule has 1 N–H and O–H groups in total. The Bertz CT molecular complexity index is 1270. The normalized spacial score (nSPS) is 35.8. The number of rotatable bonds is 20. The fourth-order valence-corrected chi connectivity index (χ4v) is 10.7. The van der Waals surface area contributed by atoms with Crippen molar-refractivity contribution < 1.29 is 33.7 Å². The van der Waals surface area contributed by atoms with Gasteiger partial charge < -0.3 is 19.3 Å². The van der Waals surface area contributed by atoms with Crippen molar-refractivity contribution >= 4 is 17.5 Å². The first-order valence-corrected chi connectivity index (χ1v) is 20.4. The topological polar surface area (TPSA) is 99.1 Å². The van der Waals surface area contributed by atoms with Crippen molar-refractivity contribution in [2.75, 3.05) is 6.61 Å². The first kappa shape index (κ1) is 39.1. The van der Waals surface area contributed by atoms with Gasteiger partial charge in [-0.15, -0.1) is 0 Å². The number of hydrogen-bond acceptors (Lipinski definition) is 7. The molecule has 1 saturated heterocycles. The SMILES string of the molecule is CCCCCCCCCCC/C=C\CCCCC(=O)OCC(=O)[C@@]12OC(CCC)O[C@@H]1CC1C3CCC4=CC(=O)C=CC4(C)C3C(O)CC12C. The van der Waals surface area contributed by atoms with E-state index in [0.29, 0.717) is 25.7 Å². The molecular weight excluding hydrogens is 628 g/mol. The molecule has 0 amide bonds. The molecule has 4 fully saturated rings. The van der Waals surface area contributed by atoms with Gasteiger partial charge in [0.15, 0.2) is 24.3 Å². The number of ketones is 2. The number of hydrogen-bond donors (Lipinski definition) is 1. The number of carbonyl (C=O) groups excluding carboxylic acids is 3. The van der Waals surface area contributed by atoms with E-state index in [4.69, 9.17) is 14.2 Å². The molecule has 0 radical (unpaired) electrons. The summed E-state index contributed by atoms with van der Waals surface area (Å²) in [5, 5.41) is 11.9. The van der Waals surface area contributed by atoms with Gasteiger partial charge in [0.2, 0.25) is 5.78 Å². The average molecular weight is 695 g/mol. The third-order valence-electron chi connectivity index (χ3n) is 13.2. The highest BCUT2D eigenvalue weighted by molar-refractivity contribution is 6.01. The van der Waals surface area contributed by atoms with Crippen LogP contribution in [0.5, 0.6) is 0 Å². The fraction of sp³-hybridized carbons (Fsp3) is 0.791. The Morgan fingerprint density at radius 3 is 2.34 bits per heavy atom. The van der Waals surface area contributed by atoms with E-state index < -0.39 is 34.9 Å². The quantitative estimate of drug-likeness (QED) is 0.0770. The summed E-state index contributed by atoms with van der Waals surface area (Å²) in [5.41, 5.74) is -1.22. The largest absolute Gasteiger partial charge is 0.458 e. The lowest BCUT2D eigenvalue weighted by molar-refractivity contribution is -0.201. The summed E-state index contributed by atoms with van der Waals surface area (Å²) in [7, 11) is 0. The number of Topliss-reactive ketones (excluding diaryl/α,β-unsaturated/α-hetero) is 1. The summed E-state index contributed by atoms with van der Waals surface area (Å²) in [6.07, 6.45) is 28.7. The van der Waals surface area contributed by atoms with Crippen LogP contribution in [0.1, 0.15) is 156 Å². The Kier molecular flexibility index (Phi) is 13.8. The molecule has 9 atom stereocenters. The maximum atomic E-state index is 14.3. The molecule has 50 heavy (non-hydrogen) atoms. The van der Waals surface area contributed by atoms with Crippen molar-refractivity contribution in [1.29, 1.82) is 0 Å². The number of aliphatic hydroxyl groups is 1. The van der Waals surface area contributed by atoms with Crippen molar-refractivity contribution in [2.45, 2.75) is 180 Å². The van der Waals surface area contributed by atoms with Gasteiger partial charge in [-0.25, -0.2) is 0 Å². The Labute approximate surface area is 302 Å². The van der Waals surface area contributed by atoms with Gasteiger partial charge in [-0.05, 0) is 88.2 Å². The summed E-state index contributed by atoms with van der Waals surface area (Å²) in [6, 6.07) is 0. The van der Waals surface area contributed by atoms with Crippen molar-refractivity contribution in [3.05, 3.63) is 36.0 Å². The van der Waals surface area contributed by atoms with Gasteiger partial charge in [-0.1, -0.05) is 109 Å². The van der Waals surface area contributed by atoms with Crippen LogP contribution in [0.25, 0.3) is 0 Å². The van der Waals surface area contributed by atoms with Gasteiger partial charge in [0.25, 0.3) is 0 Å². The summed E-state index contributed by atoms with van der Waals surface area (Å²) in [6.45, 7) is 8.25. The Hall–Kier alpha value is -2.09. The number of esters is 1. The van der Waals surface area contributed by atoms with E-state index in [9.17, 15) is 19.5 Å². The molecule has 0 aromatic rings. The van der Waals surface area contributed by atoms with E-state index in [0.717, 1.165) is 50.5 Å². The lowest BCUT2D eigenvalue weighted by Crippen LogP contribution is -2.63. The van der Waals surface area contributed by atoms with E-state index in [1.807, 2.05) is 6.08 Å². The molecule has 7 nitrogen and oxygen atoms in total. The van der Waals surface area contributed by atoms with Crippen LogP contribution < -0.4 is 0 Å². The van der Waals surface area contributed by atoms with Gasteiger partial charge in [-0.2, -0.15) is 0 Å². The van der Waals surface area contributed by atoms with Gasteiger partial charge >= 0.3 is 5.97 Å². The molecule has 0 aromatic heterocycles. The second-order valence-electron chi connectivity index (χ2n) is 16.6. The summed E-state index contributed by atoms with van der Waals surface area (Å²) in [5.74, 6) is -0.380. The number of unbranched alkanes of at least 4 members (excludes halogenated alkanes) is 11. The molecule has 1 heterocycles. The summed E-state index contributed by atoms with van der Waals surface area (Å²) in [4.78, 5) is 39.4. The maximum absolute atomic E-state index is 14.3. The molecule has 0 spiro atoms. The zero-order valence-corrected chi connectivity index (χ0v) is 31.6. The zero-order chi connectivity index (χ0) is 35.8. The zero-order valence-electron chi connectivity index (χ0n) is 31.6. The molecule has 280 valence electrons. The van der Waals surface area contributed by atoms with Crippen molar-refractivity contribution in [1.82, 2.24) is 0 Å². The van der Waals surface area contributed by atoms with Gasteiger partial charge in [0.05, 0.1) is 12.2 Å². The molecule has 5 aliphatic rings. The molecule has 1 aliphatic heterocycles. The molecule has 0 bridgehead atoms. The van der Waals surface area contributed by atoms with Crippen molar-refractivity contribution in [3.63, 3.8) is 0 Å². The predicted molar refractivity (Wildman–Crippen MR) is 196 cm³/mol.